The Morgan fingerprint density at radius 3 is 2.56 bits per heavy atom. The van der Waals surface area contributed by atoms with Crippen LogP contribution in [0.5, 0.6) is 0 Å². The monoisotopic (exact) mass is 214 g/mol. The summed E-state index contributed by atoms with van der Waals surface area (Å²) in [5.74, 6) is 0.0644. The number of hydrogen-bond acceptors (Lipinski definition) is 2. The number of para-hydroxylation sites is 1. The maximum absolute atomic E-state index is 11.3. The highest BCUT2D eigenvalue weighted by atomic mass is 16.1. The van der Waals surface area contributed by atoms with Crippen molar-refractivity contribution < 1.29 is 4.79 Å². The van der Waals surface area contributed by atoms with E-state index >= 15 is 0 Å². The van der Waals surface area contributed by atoms with Crippen LogP contribution in [0.4, 0.5) is 5.69 Å². The van der Waals surface area contributed by atoms with Crippen molar-refractivity contribution in [3.63, 3.8) is 0 Å². The molecule has 0 amide bonds. The van der Waals surface area contributed by atoms with Gasteiger partial charge in [0.05, 0.1) is 0 Å². The Labute approximate surface area is 94.3 Å². The molecule has 3 N–H and O–H groups in total. The van der Waals surface area contributed by atoms with Crippen molar-refractivity contribution in [2.24, 2.45) is 0 Å². The third kappa shape index (κ3) is 1.72. The van der Waals surface area contributed by atoms with E-state index in [0.29, 0.717) is 5.69 Å². The molecule has 3 nitrogen and oxygen atoms in total. The minimum atomic E-state index is 0.0644. The van der Waals surface area contributed by atoms with E-state index in [1.54, 1.807) is 6.92 Å². The van der Waals surface area contributed by atoms with Gasteiger partial charge in [0.2, 0.25) is 0 Å². The molecule has 0 saturated heterocycles. The van der Waals surface area contributed by atoms with Crippen LogP contribution in [0.3, 0.4) is 0 Å². The van der Waals surface area contributed by atoms with Gasteiger partial charge in [0.15, 0.2) is 5.78 Å². The standard InChI is InChI=1S/C13H14N2O/c1-8-11(9(2)16)7-13(15-8)10-5-3-4-6-12(10)14/h3-7,15H,14H2,1-2H3. The molecule has 0 aliphatic heterocycles. The molecule has 0 saturated carbocycles. The zero-order valence-corrected chi connectivity index (χ0v) is 9.37. The molecule has 1 aromatic heterocycles. The summed E-state index contributed by atoms with van der Waals surface area (Å²) in [6.45, 7) is 3.45. The highest BCUT2D eigenvalue weighted by molar-refractivity contribution is 5.97. The lowest BCUT2D eigenvalue weighted by molar-refractivity contribution is 0.101. The van der Waals surface area contributed by atoms with Crippen molar-refractivity contribution in [2.75, 3.05) is 5.73 Å². The highest BCUT2D eigenvalue weighted by Gasteiger charge is 2.10. The summed E-state index contributed by atoms with van der Waals surface area (Å²) in [5, 5.41) is 0. The maximum Gasteiger partial charge on any atom is 0.161 e. The van der Waals surface area contributed by atoms with Gasteiger partial charge >= 0.3 is 0 Å². The third-order valence-corrected chi connectivity index (χ3v) is 2.65. The van der Waals surface area contributed by atoms with Crippen molar-refractivity contribution in [1.29, 1.82) is 0 Å². The van der Waals surface area contributed by atoms with Crippen molar-refractivity contribution >= 4 is 11.5 Å². The fourth-order valence-corrected chi connectivity index (χ4v) is 1.81. The van der Waals surface area contributed by atoms with Crippen molar-refractivity contribution in [3.8, 4) is 11.3 Å². The van der Waals surface area contributed by atoms with Gasteiger partial charge in [-0.05, 0) is 26.0 Å². The van der Waals surface area contributed by atoms with Gasteiger partial charge in [0, 0.05) is 28.2 Å². The first kappa shape index (κ1) is 10.5. The van der Waals surface area contributed by atoms with E-state index in [1.165, 1.54) is 0 Å². The molecular weight excluding hydrogens is 200 g/mol. The Morgan fingerprint density at radius 2 is 2.00 bits per heavy atom. The van der Waals surface area contributed by atoms with Crippen LogP contribution >= 0.6 is 0 Å². The molecule has 0 aliphatic rings. The molecule has 2 aromatic rings. The second-order valence-corrected chi connectivity index (χ2v) is 3.87. The van der Waals surface area contributed by atoms with Gasteiger partial charge < -0.3 is 10.7 Å². The van der Waals surface area contributed by atoms with E-state index in [-0.39, 0.29) is 5.78 Å². The Morgan fingerprint density at radius 1 is 1.31 bits per heavy atom. The third-order valence-electron chi connectivity index (χ3n) is 2.65. The average molecular weight is 214 g/mol. The molecule has 0 radical (unpaired) electrons. The fourth-order valence-electron chi connectivity index (χ4n) is 1.81. The lowest BCUT2D eigenvalue weighted by Crippen LogP contribution is -1.90. The topological polar surface area (TPSA) is 58.9 Å². The first-order chi connectivity index (χ1) is 7.59. The molecule has 0 spiro atoms. The predicted octanol–water partition coefficient (Wildman–Crippen LogP) is 2.77. The Bertz CT molecular complexity index is 541. The smallest absolute Gasteiger partial charge is 0.161 e. The number of nitrogen functional groups attached to an aromatic ring is 1. The van der Waals surface area contributed by atoms with Crippen molar-refractivity contribution in [1.82, 2.24) is 4.98 Å². The Balaban J connectivity index is 2.54. The number of ketones is 1. The van der Waals surface area contributed by atoms with Gasteiger partial charge in [0.25, 0.3) is 0 Å². The molecule has 1 heterocycles. The summed E-state index contributed by atoms with van der Waals surface area (Å²) in [7, 11) is 0. The molecule has 0 unspecified atom stereocenters. The molecule has 0 bridgehead atoms. The number of carbonyl (C=O) groups excluding carboxylic acids is 1. The second kappa shape index (κ2) is 3.85. The molecule has 1 aromatic carbocycles. The van der Waals surface area contributed by atoms with E-state index in [2.05, 4.69) is 4.98 Å². The summed E-state index contributed by atoms with van der Waals surface area (Å²) < 4.78 is 0. The number of Topliss-reactive ketones (excluding diaryl/α,β-unsaturated/α-hetero) is 1. The van der Waals surface area contributed by atoms with Crippen LogP contribution in [0.1, 0.15) is 23.0 Å². The number of nitrogens with one attached hydrogen (secondary N) is 1. The SMILES string of the molecule is CC(=O)c1cc(-c2ccccc2N)[nH]c1C. The van der Waals surface area contributed by atoms with Crippen LogP contribution in [0.2, 0.25) is 0 Å². The van der Waals surface area contributed by atoms with Crippen LogP contribution in [-0.4, -0.2) is 10.8 Å². The number of anilines is 1. The van der Waals surface area contributed by atoms with Gasteiger partial charge in [-0.15, -0.1) is 0 Å². The Kier molecular flexibility index (Phi) is 2.52. The highest BCUT2D eigenvalue weighted by Crippen LogP contribution is 2.26. The van der Waals surface area contributed by atoms with Crippen LogP contribution in [0.15, 0.2) is 30.3 Å². The number of aromatic amines is 1. The molecule has 0 fully saturated rings. The number of benzene rings is 1. The molecule has 82 valence electrons. The van der Waals surface area contributed by atoms with E-state index in [4.69, 9.17) is 5.73 Å². The van der Waals surface area contributed by atoms with Crippen LogP contribution < -0.4 is 5.73 Å². The van der Waals surface area contributed by atoms with Crippen LogP contribution in [0.25, 0.3) is 11.3 Å². The maximum atomic E-state index is 11.3. The second-order valence-electron chi connectivity index (χ2n) is 3.87. The van der Waals surface area contributed by atoms with Gasteiger partial charge in [-0.2, -0.15) is 0 Å². The number of aryl methyl sites for hydroxylation is 1. The summed E-state index contributed by atoms with van der Waals surface area (Å²) in [6.07, 6.45) is 0. The summed E-state index contributed by atoms with van der Waals surface area (Å²) in [4.78, 5) is 14.5. The molecule has 2 rings (SSSR count). The average Bonchev–Trinajstić information content (AvgIpc) is 2.61. The minimum Gasteiger partial charge on any atom is -0.398 e. The lowest BCUT2D eigenvalue weighted by atomic mass is 10.1. The van der Waals surface area contributed by atoms with E-state index < -0.39 is 0 Å². The number of aromatic nitrogens is 1. The van der Waals surface area contributed by atoms with E-state index in [1.807, 2.05) is 37.3 Å². The number of hydrogen-bond donors (Lipinski definition) is 2. The summed E-state index contributed by atoms with van der Waals surface area (Å²) in [5.41, 5.74) is 10.0. The number of carbonyl (C=O) groups is 1. The number of rotatable bonds is 2. The fraction of sp³-hybridized carbons (Fsp3) is 0.154. The summed E-state index contributed by atoms with van der Waals surface area (Å²) >= 11 is 0. The normalized spacial score (nSPS) is 10.4. The van der Waals surface area contributed by atoms with Gasteiger partial charge in [-0.3, -0.25) is 4.79 Å². The Hall–Kier alpha value is -2.03. The van der Waals surface area contributed by atoms with Gasteiger partial charge in [-0.25, -0.2) is 0 Å². The molecule has 0 atom stereocenters. The quantitative estimate of drug-likeness (QED) is 0.596. The van der Waals surface area contributed by atoms with Crippen molar-refractivity contribution in [3.05, 3.63) is 41.6 Å². The van der Waals surface area contributed by atoms with Crippen LogP contribution in [0, 0.1) is 6.92 Å². The first-order valence-corrected chi connectivity index (χ1v) is 5.15. The van der Waals surface area contributed by atoms with Gasteiger partial charge in [0.1, 0.15) is 0 Å². The zero-order chi connectivity index (χ0) is 11.7. The van der Waals surface area contributed by atoms with E-state index in [0.717, 1.165) is 22.5 Å². The molecule has 0 aliphatic carbocycles. The number of nitrogens with two attached hydrogens (primary N) is 1. The van der Waals surface area contributed by atoms with Crippen molar-refractivity contribution in [2.45, 2.75) is 13.8 Å². The minimum absolute atomic E-state index is 0.0644. The molecular formula is C13H14N2O. The van der Waals surface area contributed by atoms with Crippen LogP contribution in [-0.2, 0) is 0 Å². The molecule has 16 heavy (non-hydrogen) atoms. The lowest BCUT2D eigenvalue weighted by Gasteiger charge is -2.01. The molecule has 3 heteroatoms. The first-order valence-electron chi connectivity index (χ1n) is 5.15. The number of H-pyrrole nitrogens is 1. The zero-order valence-electron chi connectivity index (χ0n) is 9.37. The van der Waals surface area contributed by atoms with E-state index in [9.17, 15) is 4.79 Å². The predicted molar refractivity (Wildman–Crippen MR) is 65.4 cm³/mol. The summed E-state index contributed by atoms with van der Waals surface area (Å²) in [6, 6.07) is 9.45. The largest absolute Gasteiger partial charge is 0.398 e. The van der Waals surface area contributed by atoms with Gasteiger partial charge in [-0.1, -0.05) is 18.2 Å².